The Balaban J connectivity index is 1.34. The fourth-order valence-electron chi connectivity index (χ4n) is 3.13. The van der Waals surface area contributed by atoms with Gasteiger partial charge in [0, 0.05) is 36.6 Å². The monoisotopic (exact) mass is 466 g/mol. The first-order chi connectivity index (χ1) is 16.6. The van der Waals surface area contributed by atoms with E-state index in [-0.39, 0.29) is 23.9 Å². The number of halogens is 2. The Kier molecular flexibility index (Phi) is 5.68. The number of aryl methyl sites for hydroxylation is 1. The molecule has 5 heterocycles. The van der Waals surface area contributed by atoms with E-state index in [1.807, 2.05) is 6.07 Å². The van der Waals surface area contributed by atoms with E-state index in [9.17, 15) is 8.78 Å². The number of aromatic nitrogens is 10. The third-order valence-corrected chi connectivity index (χ3v) is 4.88. The molecule has 5 aromatic heterocycles. The molecule has 0 aliphatic carbocycles. The van der Waals surface area contributed by atoms with Crippen molar-refractivity contribution in [3.05, 3.63) is 66.1 Å². The summed E-state index contributed by atoms with van der Waals surface area (Å²) in [5, 5.41) is 19.3. The van der Waals surface area contributed by atoms with Crippen molar-refractivity contribution in [2.75, 3.05) is 0 Å². The van der Waals surface area contributed by atoms with Crippen LogP contribution < -0.4 is 4.74 Å². The van der Waals surface area contributed by atoms with Gasteiger partial charge in [-0.2, -0.15) is 10.1 Å². The zero-order chi connectivity index (χ0) is 23.5. The largest absolute Gasteiger partial charge is 0.471 e. The maximum Gasteiger partial charge on any atom is 0.265 e. The molecule has 34 heavy (non-hydrogen) atoms. The van der Waals surface area contributed by atoms with Crippen LogP contribution in [0.1, 0.15) is 23.4 Å². The average Bonchev–Trinajstić information content (AvgIpc) is 3.60. The average molecular weight is 466 g/mol. The number of nitrogens with zero attached hydrogens (tertiary/aromatic N) is 10. The second-order valence-electron chi connectivity index (χ2n) is 7.11. The number of pyridine rings is 2. The highest BCUT2D eigenvalue weighted by atomic mass is 19.3. The van der Waals surface area contributed by atoms with E-state index in [0.717, 1.165) is 11.9 Å². The minimum absolute atomic E-state index is 0.0654. The Hall–Kier alpha value is -4.62. The molecule has 0 radical (unpaired) electrons. The zero-order valence-corrected chi connectivity index (χ0v) is 17.7. The summed E-state index contributed by atoms with van der Waals surface area (Å²) in [6, 6.07) is 6.24. The minimum Gasteiger partial charge on any atom is -0.471 e. The van der Waals surface area contributed by atoms with Gasteiger partial charge in [-0.15, -0.1) is 5.10 Å². The van der Waals surface area contributed by atoms with Gasteiger partial charge in [0.15, 0.2) is 0 Å². The van der Waals surface area contributed by atoms with Crippen molar-refractivity contribution in [1.29, 1.82) is 0 Å². The quantitative estimate of drug-likeness (QED) is 0.335. The molecule has 5 aromatic rings. The predicted octanol–water partition coefficient (Wildman–Crippen LogP) is 2.48. The SMILES string of the molecule is Cn1ncc(-c2nc(-c3ccnc(Cn4cnnn4)c3)no2)c1COc1ccc(C(F)F)cn1. The second kappa shape index (κ2) is 9.09. The lowest BCUT2D eigenvalue weighted by Crippen LogP contribution is -2.05. The Labute approximate surface area is 190 Å². The summed E-state index contributed by atoms with van der Waals surface area (Å²) in [4.78, 5) is 12.7. The van der Waals surface area contributed by atoms with E-state index in [1.165, 1.54) is 18.5 Å². The molecule has 0 aliphatic rings. The number of alkyl halides is 2. The van der Waals surface area contributed by atoms with Gasteiger partial charge in [0.25, 0.3) is 12.3 Å². The Bertz CT molecular complexity index is 1380. The maximum atomic E-state index is 12.7. The van der Waals surface area contributed by atoms with E-state index < -0.39 is 6.43 Å². The molecule has 0 saturated carbocycles. The number of hydrogen-bond acceptors (Lipinski definition) is 10. The first kappa shape index (κ1) is 21.2. The van der Waals surface area contributed by atoms with Gasteiger partial charge in [0.2, 0.25) is 11.7 Å². The molecule has 0 amide bonds. The van der Waals surface area contributed by atoms with Gasteiger partial charge < -0.3 is 9.26 Å². The van der Waals surface area contributed by atoms with Crippen LogP contribution in [0.15, 0.2) is 53.7 Å². The zero-order valence-electron chi connectivity index (χ0n) is 17.7. The summed E-state index contributed by atoms with van der Waals surface area (Å²) in [6.45, 7) is 0.456. The first-order valence-electron chi connectivity index (χ1n) is 9.95. The lowest BCUT2D eigenvalue weighted by Gasteiger charge is -2.07. The minimum atomic E-state index is -2.59. The van der Waals surface area contributed by atoms with Crippen LogP contribution in [0, 0.1) is 0 Å². The van der Waals surface area contributed by atoms with Crippen molar-refractivity contribution in [2.24, 2.45) is 7.05 Å². The molecule has 12 nitrogen and oxygen atoms in total. The van der Waals surface area contributed by atoms with E-state index in [2.05, 4.69) is 40.7 Å². The van der Waals surface area contributed by atoms with Gasteiger partial charge in [-0.05, 0) is 28.6 Å². The molecule has 0 atom stereocenters. The van der Waals surface area contributed by atoms with Gasteiger partial charge in [-0.1, -0.05) is 5.16 Å². The van der Waals surface area contributed by atoms with Crippen LogP contribution in [0.25, 0.3) is 22.8 Å². The molecule has 172 valence electrons. The summed E-state index contributed by atoms with van der Waals surface area (Å²) in [5.41, 5.74) is 2.47. The van der Waals surface area contributed by atoms with E-state index in [4.69, 9.17) is 9.26 Å². The third kappa shape index (κ3) is 4.46. The number of ether oxygens (including phenoxy) is 1. The Morgan fingerprint density at radius 2 is 2.06 bits per heavy atom. The molecule has 0 saturated heterocycles. The van der Waals surface area contributed by atoms with Gasteiger partial charge in [0.05, 0.1) is 29.7 Å². The van der Waals surface area contributed by atoms with Crippen LogP contribution in [-0.4, -0.2) is 50.1 Å². The van der Waals surface area contributed by atoms with Crippen LogP contribution >= 0.6 is 0 Å². The number of hydrogen-bond donors (Lipinski definition) is 0. The van der Waals surface area contributed by atoms with E-state index in [0.29, 0.717) is 29.2 Å². The predicted molar refractivity (Wildman–Crippen MR) is 110 cm³/mol. The van der Waals surface area contributed by atoms with Crippen molar-refractivity contribution in [3.8, 4) is 28.7 Å². The van der Waals surface area contributed by atoms with Crippen LogP contribution in [-0.2, 0) is 20.2 Å². The smallest absolute Gasteiger partial charge is 0.265 e. The van der Waals surface area contributed by atoms with Gasteiger partial charge >= 0.3 is 0 Å². The molecular formula is C20H16F2N10O2. The van der Waals surface area contributed by atoms with Crippen LogP contribution in [0.5, 0.6) is 5.88 Å². The number of tetrazole rings is 1. The van der Waals surface area contributed by atoms with E-state index in [1.54, 1.807) is 34.9 Å². The van der Waals surface area contributed by atoms with Gasteiger partial charge in [0.1, 0.15) is 12.9 Å². The highest BCUT2D eigenvalue weighted by Crippen LogP contribution is 2.26. The lowest BCUT2D eigenvalue weighted by atomic mass is 10.2. The third-order valence-electron chi connectivity index (χ3n) is 4.88. The fourth-order valence-corrected chi connectivity index (χ4v) is 3.13. The summed E-state index contributed by atoms with van der Waals surface area (Å²) < 4.78 is 39.7. The molecule has 0 spiro atoms. The summed E-state index contributed by atoms with van der Waals surface area (Å²) >= 11 is 0. The second-order valence-corrected chi connectivity index (χ2v) is 7.11. The molecular weight excluding hydrogens is 450 g/mol. The summed E-state index contributed by atoms with van der Waals surface area (Å²) in [6.07, 6.45) is 3.21. The highest BCUT2D eigenvalue weighted by Gasteiger charge is 2.19. The molecule has 0 aromatic carbocycles. The van der Waals surface area contributed by atoms with Crippen LogP contribution in [0.3, 0.4) is 0 Å². The topological polar surface area (TPSA) is 135 Å². The van der Waals surface area contributed by atoms with Crippen LogP contribution in [0.2, 0.25) is 0 Å². The normalized spacial score (nSPS) is 11.3. The molecule has 0 N–H and O–H groups in total. The van der Waals surface area contributed by atoms with Crippen molar-refractivity contribution >= 4 is 0 Å². The maximum absolute atomic E-state index is 12.7. The lowest BCUT2D eigenvalue weighted by molar-refractivity contribution is 0.150. The highest BCUT2D eigenvalue weighted by molar-refractivity contribution is 5.61. The van der Waals surface area contributed by atoms with Crippen LogP contribution in [0.4, 0.5) is 8.78 Å². The van der Waals surface area contributed by atoms with Gasteiger partial charge in [-0.25, -0.2) is 18.4 Å². The molecule has 0 bridgehead atoms. The number of rotatable bonds is 8. The van der Waals surface area contributed by atoms with Crippen molar-refractivity contribution in [3.63, 3.8) is 0 Å². The molecule has 0 unspecified atom stereocenters. The molecule has 5 rings (SSSR count). The Morgan fingerprint density at radius 1 is 1.15 bits per heavy atom. The standard InChI is InChI=1S/C20H16F2N10O2/c1-31-16(10-33-17-3-2-13(7-24-17)18(21)22)15(8-26-31)20-27-19(28-34-20)12-4-5-23-14(6-12)9-32-11-25-29-30-32/h2-8,11,18H,9-10H2,1H3. The van der Waals surface area contributed by atoms with E-state index >= 15 is 0 Å². The summed E-state index contributed by atoms with van der Waals surface area (Å²) in [5.74, 6) is 0.826. The summed E-state index contributed by atoms with van der Waals surface area (Å²) in [7, 11) is 1.74. The molecule has 0 aliphatic heterocycles. The van der Waals surface area contributed by atoms with Crippen molar-refractivity contribution < 1.29 is 18.0 Å². The Morgan fingerprint density at radius 3 is 2.82 bits per heavy atom. The van der Waals surface area contributed by atoms with Crippen molar-refractivity contribution in [1.82, 2.24) is 50.1 Å². The fraction of sp³-hybridized carbons (Fsp3) is 0.200. The van der Waals surface area contributed by atoms with Crippen molar-refractivity contribution in [2.45, 2.75) is 19.6 Å². The first-order valence-corrected chi connectivity index (χ1v) is 9.95. The van der Waals surface area contributed by atoms with Gasteiger partial charge in [-0.3, -0.25) is 9.67 Å². The molecule has 14 heteroatoms. The molecule has 0 fully saturated rings.